The molecular formula is C13H17FN2O. The van der Waals surface area contributed by atoms with E-state index in [-0.39, 0.29) is 17.5 Å². The van der Waals surface area contributed by atoms with E-state index in [0.29, 0.717) is 0 Å². The Morgan fingerprint density at radius 2 is 2.41 bits per heavy atom. The molecule has 0 saturated carbocycles. The molecule has 4 heteroatoms. The van der Waals surface area contributed by atoms with Gasteiger partial charge in [0.1, 0.15) is 0 Å². The van der Waals surface area contributed by atoms with Gasteiger partial charge in [-0.15, -0.1) is 0 Å². The average Bonchev–Trinajstić information content (AvgIpc) is 2.38. The standard InChI is InChI=1S/C13H17FN2O/c1-2-10-5-3-4-8-16(10)13(17)11-6-7-15-9-12(11)14/h6-7,9-10H,2-5,8H2,1H3. The van der Waals surface area contributed by atoms with Crippen molar-refractivity contribution in [3.8, 4) is 0 Å². The maximum absolute atomic E-state index is 13.5. The fraction of sp³-hybridized carbons (Fsp3) is 0.538. The van der Waals surface area contributed by atoms with Gasteiger partial charge in [0.25, 0.3) is 5.91 Å². The fourth-order valence-electron chi connectivity index (χ4n) is 2.40. The molecule has 0 spiro atoms. The molecule has 0 radical (unpaired) electrons. The lowest BCUT2D eigenvalue weighted by Gasteiger charge is -2.35. The molecule has 0 N–H and O–H groups in total. The molecule has 1 aromatic heterocycles. The van der Waals surface area contributed by atoms with E-state index >= 15 is 0 Å². The summed E-state index contributed by atoms with van der Waals surface area (Å²) in [4.78, 5) is 17.7. The van der Waals surface area contributed by atoms with Crippen molar-refractivity contribution in [1.82, 2.24) is 9.88 Å². The molecule has 3 nitrogen and oxygen atoms in total. The van der Waals surface area contributed by atoms with Gasteiger partial charge in [0, 0.05) is 18.8 Å². The highest BCUT2D eigenvalue weighted by Crippen LogP contribution is 2.22. The SMILES string of the molecule is CCC1CCCCN1C(=O)c1ccncc1F. The zero-order chi connectivity index (χ0) is 12.3. The van der Waals surface area contributed by atoms with E-state index in [1.54, 1.807) is 0 Å². The highest BCUT2D eigenvalue weighted by molar-refractivity contribution is 5.94. The minimum Gasteiger partial charge on any atom is -0.336 e. The lowest BCUT2D eigenvalue weighted by Crippen LogP contribution is -2.43. The minimum absolute atomic E-state index is 0.139. The van der Waals surface area contributed by atoms with Crippen molar-refractivity contribution < 1.29 is 9.18 Å². The first kappa shape index (κ1) is 12.0. The number of pyridine rings is 1. The molecule has 1 aliphatic rings. The average molecular weight is 236 g/mol. The van der Waals surface area contributed by atoms with Gasteiger partial charge in [-0.2, -0.15) is 0 Å². The Balaban J connectivity index is 2.21. The summed E-state index contributed by atoms with van der Waals surface area (Å²) in [5.41, 5.74) is 0.139. The molecule has 1 fully saturated rings. The summed E-state index contributed by atoms with van der Waals surface area (Å²) in [6.45, 7) is 2.80. The van der Waals surface area contributed by atoms with Gasteiger partial charge in [0.2, 0.25) is 0 Å². The van der Waals surface area contributed by atoms with Crippen LogP contribution in [0.4, 0.5) is 4.39 Å². The highest BCUT2D eigenvalue weighted by atomic mass is 19.1. The Kier molecular flexibility index (Phi) is 3.71. The molecule has 2 heterocycles. The van der Waals surface area contributed by atoms with Crippen molar-refractivity contribution in [1.29, 1.82) is 0 Å². The van der Waals surface area contributed by atoms with Crippen molar-refractivity contribution in [2.45, 2.75) is 38.6 Å². The summed E-state index contributed by atoms with van der Waals surface area (Å²) in [5, 5.41) is 0. The number of amides is 1. The molecule has 92 valence electrons. The van der Waals surface area contributed by atoms with Crippen LogP contribution < -0.4 is 0 Å². The lowest BCUT2D eigenvalue weighted by atomic mass is 9.99. The monoisotopic (exact) mass is 236 g/mol. The van der Waals surface area contributed by atoms with Gasteiger partial charge in [-0.1, -0.05) is 6.92 Å². The molecule has 1 aromatic rings. The van der Waals surface area contributed by atoms with Crippen molar-refractivity contribution in [3.05, 3.63) is 29.8 Å². The first-order valence-corrected chi connectivity index (χ1v) is 6.14. The van der Waals surface area contributed by atoms with Crippen LogP contribution in [0.25, 0.3) is 0 Å². The van der Waals surface area contributed by atoms with Crippen LogP contribution in [0.15, 0.2) is 18.5 Å². The molecule has 0 bridgehead atoms. The van der Waals surface area contributed by atoms with Gasteiger partial charge in [0.15, 0.2) is 5.82 Å². The first-order chi connectivity index (χ1) is 8.24. The van der Waals surface area contributed by atoms with Gasteiger partial charge in [-0.05, 0) is 31.7 Å². The Bertz CT molecular complexity index is 408. The second-order valence-corrected chi connectivity index (χ2v) is 4.41. The number of hydrogen-bond acceptors (Lipinski definition) is 2. The number of halogens is 1. The lowest BCUT2D eigenvalue weighted by molar-refractivity contribution is 0.0603. The number of nitrogens with zero attached hydrogens (tertiary/aromatic N) is 2. The molecule has 1 aliphatic heterocycles. The number of hydrogen-bond donors (Lipinski definition) is 0. The van der Waals surface area contributed by atoms with Gasteiger partial charge >= 0.3 is 0 Å². The number of carbonyl (C=O) groups is 1. The normalized spacial score (nSPS) is 20.4. The van der Waals surface area contributed by atoms with E-state index in [0.717, 1.165) is 38.4 Å². The van der Waals surface area contributed by atoms with Crippen LogP contribution in [0.5, 0.6) is 0 Å². The van der Waals surface area contributed by atoms with Gasteiger partial charge in [-0.25, -0.2) is 4.39 Å². The predicted octanol–water partition coefficient (Wildman–Crippen LogP) is 2.63. The molecule has 1 unspecified atom stereocenters. The van der Waals surface area contributed by atoms with Crippen molar-refractivity contribution in [2.24, 2.45) is 0 Å². The number of aromatic nitrogens is 1. The molecule has 1 saturated heterocycles. The second-order valence-electron chi connectivity index (χ2n) is 4.41. The van der Waals surface area contributed by atoms with Crippen LogP contribution in [0, 0.1) is 5.82 Å². The van der Waals surface area contributed by atoms with E-state index in [1.807, 2.05) is 4.90 Å². The first-order valence-electron chi connectivity index (χ1n) is 6.14. The van der Waals surface area contributed by atoms with Crippen LogP contribution in [0.1, 0.15) is 43.0 Å². The molecule has 1 atom stereocenters. The Morgan fingerprint density at radius 1 is 1.59 bits per heavy atom. The zero-order valence-corrected chi connectivity index (χ0v) is 10.0. The van der Waals surface area contributed by atoms with E-state index in [2.05, 4.69) is 11.9 Å². The summed E-state index contributed by atoms with van der Waals surface area (Å²) < 4.78 is 13.5. The van der Waals surface area contributed by atoms with Crippen LogP contribution >= 0.6 is 0 Å². The number of piperidine rings is 1. The Morgan fingerprint density at radius 3 is 3.12 bits per heavy atom. The third kappa shape index (κ3) is 2.46. The van der Waals surface area contributed by atoms with Crippen LogP contribution in [0.2, 0.25) is 0 Å². The summed E-state index contributed by atoms with van der Waals surface area (Å²) in [7, 11) is 0. The third-order valence-corrected chi connectivity index (χ3v) is 3.36. The molecule has 17 heavy (non-hydrogen) atoms. The maximum atomic E-state index is 13.5. The predicted molar refractivity (Wildman–Crippen MR) is 63.2 cm³/mol. The molecular weight excluding hydrogens is 219 g/mol. The maximum Gasteiger partial charge on any atom is 0.257 e. The van der Waals surface area contributed by atoms with Crippen LogP contribution in [0.3, 0.4) is 0 Å². The topological polar surface area (TPSA) is 33.2 Å². The van der Waals surface area contributed by atoms with Crippen molar-refractivity contribution >= 4 is 5.91 Å². The van der Waals surface area contributed by atoms with Crippen molar-refractivity contribution in [3.63, 3.8) is 0 Å². The summed E-state index contributed by atoms with van der Waals surface area (Å²) in [6.07, 6.45) is 6.67. The fourth-order valence-corrected chi connectivity index (χ4v) is 2.40. The largest absolute Gasteiger partial charge is 0.336 e. The molecule has 1 amide bonds. The third-order valence-electron chi connectivity index (χ3n) is 3.36. The van der Waals surface area contributed by atoms with Gasteiger partial charge in [-0.3, -0.25) is 9.78 Å². The second kappa shape index (κ2) is 5.25. The summed E-state index contributed by atoms with van der Waals surface area (Å²) in [6, 6.07) is 1.71. The number of carbonyl (C=O) groups excluding carboxylic acids is 1. The quantitative estimate of drug-likeness (QED) is 0.790. The smallest absolute Gasteiger partial charge is 0.257 e. The van der Waals surface area contributed by atoms with Crippen LogP contribution in [-0.4, -0.2) is 28.4 Å². The number of likely N-dealkylation sites (tertiary alicyclic amines) is 1. The Hall–Kier alpha value is -1.45. The van der Waals surface area contributed by atoms with E-state index < -0.39 is 5.82 Å². The molecule has 2 rings (SSSR count). The molecule has 0 aromatic carbocycles. The van der Waals surface area contributed by atoms with Crippen LogP contribution in [-0.2, 0) is 0 Å². The summed E-state index contributed by atoms with van der Waals surface area (Å²) in [5.74, 6) is -0.727. The number of rotatable bonds is 2. The Labute approximate surface area is 101 Å². The minimum atomic E-state index is -0.530. The highest BCUT2D eigenvalue weighted by Gasteiger charge is 2.27. The van der Waals surface area contributed by atoms with E-state index in [9.17, 15) is 9.18 Å². The summed E-state index contributed by atoms with van der Waals surface area (Å²) >= 11 is 0. The van der Waals surface area contributed by atoms with Crippen molar-refractivity contribution in [2.75, 3.05) is 6.54 Å². The molecule has 0 aliphatic carbocycles. The van der Waals surface area contributed by atoms with E-state index in [1.165, 1.54) is 12.3 Å². The van der Waals surface area contributed by atoms with Gasteiger partial charge in [0.05, 0.1) is 11.8 Å². The van der Waals surface area contributed by atoms with E-state index in [4.69, 9.17) is 0 Å². The zero-order valence-electron chi connectivity index (χ0n) is 10.0. The van der Waals surface area contributed by atoms with Gasteiger partial charge < -0.3 is 4.90 Å².